The first-order chi connectivity index (χ1) is 11.1. The lowest BCUT2D eigenvalue weighted by Gasteiger charge is -2.16. The van der Waals surface area contributed by atoms with Gasteiger partial charge in [0.2, 0.25) is 0 Å². The van der Waals surface area contributed by atoms with E-state index >= 15 is 0 Å². The molecule has 0 saturated heterocycles. The van der Waals surface area contributed by atoms with Crippen LogP contribution < -0.4 is 0 Å². The standard InChI is InChI=1S/C17H18N4OS/c1-12-15(23-16(19-12)13-7-5-4-6-8-13)17(22)21(3)11-14-18-9-10-20(14)2/h4-10H,11H2,1-3H3. The summed E-state index contributed by atoms with van der Waals surface area (Å²) in [6.07, 6.45) is 3.61. The Kier molecular flexibility index (Phi) is 4.25. The maximum atomic E-state index is 12.7. The second-order valence-electron chi connectivity index (χ2n) is 5.42. The monoisotopic (exact) mass is 326 g/mol. The summed E-state index contributed by atoms with van der Waals surface area (Å²) < 4.78 is 1.92. The number of carbonyl (C=O) groups excluding carboxylic acids is 1. The molecule has 5 nitrogen and oxygen atoms in total. The molecule has 1 amide bonds. The molecule has 0 N–H and O–H groups in total. The van der Waals surface area contributed by atoms with Crippen LogP contribution in [-0.2, 0) is 13.6 Å². The molecule has 0 aliphatic rings. The average Bonchev–Trinajstić information content (AvgIpc) is 3.14. The van der Waals surface area contributed by atoms with E-state index in [9.17, 15) is 4.79 Å². The van der Waals surface area contributed by atoms with Gasteiger partial charge in [-0.1, -0.05) is 30.3 Å². The minimum Gasteiger partial charge on any atom is -0.337 e. The van der Waals surface area contributed by atoms with Crippen molar-refractivity contribution in [2.24, 2.45) is 7.05 Å². The molecule has 0 bridgehead atoms. The van der Waals surface area contributed by atoms with E-state index in [1.54, 1.807) is 18.1 Å². The van der Waals surface area contributed by atoms with Crippen LogP contribution in [0.3, 0.4) is 0 Å². The highest BCUT2D eigenvalue weighted by Gasteiger charge is 2.20. The summed E-state index contributed by atoms with van der Waals surface area (Å²) in [6, 6.07) is 9.92. The number of thiazole rings is 1. The first kappa shape index (κ1) is 15.4. The number of carbonyl (C=O) groups is 1. The SMILES string of the molecule is Cc1nc(-c2ccccc2)sc1C(=O)N(C)Cc1nccn1C. The van der Waals surface area contributed by atoms with Crippen molar-refractivity contribution in [1.82, 2.24) is 19.4 Å². The number of imidazole rings is 1. The number of rotatable bonds is 4. The van der Waals surface area contributed by atoms with Crippen LogP contribution in [-0.4, -0.2) is 32.4 Å². The van der Waals surface area contributed by atoms with Crippen molar-refractivity contribution in [3.8, 4) is 10.6 Å². The van der Waals surface area contributed by atoms with E-state index in [1.807, 2.05) is 55.1 Å². The second-order valence-corrected chi connectivity index (χ2v) is 6.41. The van der Waals surface area contributed by atoms with Crippen LogP contribution in [0.25, 0.3) is 10.6 Å². The number of aryl methyl sites for hydroxylation is 2. The fraction of sp³-hybridized carbons (Fsp3) is 0.235. The highest BCUT2D eigenvalue weighted by Crippen LogP contribution is 2.28. The fourth-order valence-electron chi connectivity index (χ4n) is 2.31. The lowest BCUT2D eigenvalue weighted by molar-refractivity contribution is 0.0784. The molecule has 1 aromatic carbocycles. The van der Waals surface area contributed by atoms with Crippen LogP contribution in [0.15, 0.2) is 42.7 Å². The Balaban J connectivity index is 1.82. The van der Waals surface area contributed by atoms with Crippen LogP contribution >= 0.6 is 11.3 Å². The number of benzene rings is 1. The topological polar surface area (TPSA) is 51.0 Å². The Hall–Kier alpha value is -2.47. The Morgan fingerprint density at radius 2 is 2.04 bits per heavy atom. The predicted molar refractivity (Wildman–Crippen MR) is 91.3 cm³/mol. The lowest BCUT2D eigenvalue weighted by atomic mass is 10.2. The lowest BCUT2D eigenvalue weighted by Crippen LogP contribution is -2.27. The van der Waals surface area contributed by atoms with Gasteiger partial charge in [0.15, 0.2) is 0 Å². The van der Waals surface area contributed by atoms with Crippen LogP contribution in [0.2, 0.25) is 0 Å². The van der Waals surface area contributed by atoms with Gasteiger partial charge in [-0.15, -0.1) is 11.3 Å². The van der Waals surface area contributed by atoms with Crippen LogP contribution in [0, 0.1) is 6.92 Å². The van der Waals surface area contributed by atoms with Gasteiger partial charge < -0.3 is 9.47 Å². The van der Waals surface area contributed by atoms with E-state index in [-0.39, 0.29) is 5.91 Å². The maximum absolute atomic E-state index is 12.7. The summed E-state index contributed by atoms with van der Waals surface area (Å²) >= 11 is 1.44. The smallest absolute Gasteiger partial charge is 0.266 e. The fourth-order valence-corrected chi connectivity index (χ4v) is 3.37. The molecular formula is C17H18N4OS. The molecule has 0 aliphatic carbocycles. The molecule has 3 aromatic rings. The van der Waals surface area contributed by atoms with Gasteiger partial charge in [0.1, 0.15) is 15.7 Å². The van der Waals surface area contributed by atoms with Gasteiger partial charge in [-0.25, -0.2) is 9.97 Å². The molecule has 118 valence electrons. The molecule has 0 aliphatic heterocycles. The van der Waals surface area contributed by atoms with E-state index < -0.39 is 0 Å². The number of amides is 1. The molecule has 0 atom stereocenters. The van der Waals surface area contributed by atoms with Gasteiger partial charge in [0.25, 0.3) is 5.91 Å². The van der Waals surface area contributed by atoms with Gasteiger partial charge in [0.05, 0.1) is 12.2 Å². The number of hydrogen-bond donors (Lipinski definition) is 0. The zero-order chi connectivity index (χ0) is 16.4. The van der Waals surface area contributed by atoms with Crippen molar-refractivity contribution >= 4 is 17.2 Å². The molecule has 2 heterocycles. The van der Waals surface area contributed by atoms with E-state index in [0.29, 0.717) is 11.4 Å². The predicted octanol–water partition coefficient (Wildman–Crippen LogP) is 3.12. The van der Waals surface area contributed by atoms with Crippen molar-refractivity contribution in [2.45, 2.75) is 13.5 Å². The van der Waals surface area contributed by atoms with Gasteiger partial charge in [-0.2, -0.15) is 0 Å². The highest BCUT2D eigenvalue weighted by molar-refractivity contribution is 7.17. The van der Waals surface area contributed by atoms with Crippen LogP contribution in [0.4, 0.5) is 0 Å². The second kappa shape index (κ2) is 6.34. The molecule has 23 heavy (non-hydrogen) atoms. The van der Waals surface area contributed by atoms with Crippen molar-refractivity contribution < 1.29 is 4.79 Å². The van der Waals surface area contributed by atoms with Gasteiger partial charge >= 0.3 is 0 Å². The van der Waals surface area contributed by atoms with Crippen molar-refractivity contribution in [3.05, 3.63) is 59.1 Å². The van der Waals surface area contributed by atoms with Gasteiger partial charge in [-0.3, -0.25) is 4.79 Å². The minimum atomic E-state index is -0.0230. The number of aromatic nitrogens is 3. The zero-order valence-electron chi connectivity index (χ0n) is 13.4. The molecule has 0 radical (unpaired) electrons. The maximum Gasteiger partial charge on any atom is 0.266 e. The third-order valence-electron chi connectivity index (χ3n) is 3.66. The molecule has 0 fully saturated rings. The van der Waals surface area contributed by atoms with Crippen LogP contribution in [0.1, 0.15) is 21.2 Å². The van der Waals surface area contributed by atoms with Crippen LogP contribution in [0.5, 0.6) is 0 Å². The molecular weight excluding hydrogens is 308 g/mol. The molecule has 6 heteroatoms. The average molecular weight is 326 g/mol. The molecule has 2 aromatic heterocycles. The molecule has 0 saturated carbocycles. The molecule has 0 spiro atoms. The van der Waals surface area contributed by atoms with Gasteiger partial charge in [0, 0.05) is 32.1 Å². The Morgan fingerprint density at radius 1 is 1.30 bits per heavy atom. The summed E-state index contributed by atoms with van der Waals surface area (Å²) in [4.78, 5) is 23.9. The Labute approximate surface area is 139 Å². The summed E-state index contributed by atoms with van der Waals surface area (Å²) in [7, 11) is 3.71. The van der Waals surface area contributed by atoms with Crippen molar-refractivity contribution in [3.63, 3.8) is 0 Å². The summed E-state index contributed by atoms with van der Waals surface area (Å²) in [6.45, 7) is 2.35. The van der Waals surface area contributed by atoms with Crippen molar-refractivity contribution in [1.29, 1.82) is 0 Å². The number of nitrogens with zero attached hydrogens (tertiary/aromatic N) is 4. The normalized spacial score (nSPS) is 10.7. The zero-order valence-corrected chi connectivity index (χ0v) is 14.2. The molecule has 3 rings (SSSR count). The Bertz CT molecular complexity index is 822. The third-order valence-corrected chi connectivity index (χ3v) is 4.85. The van der Waals surface area contributed by atoms with Crippen molar-refractivity contribution in [2.75, 3.05) is 7.05 Å². The Morgan fingerprint density at radius 3 is 2.70 bits per heavy atom. The summed E-state index contributed by atoms with van der Waals surface area (Å²) in [5, 5.41) is 0.872. The van der Waals surface area contributed by atoms with E-state index in [2.05, 4.69) is 9.97 Å². The summed E-state index contributed by atoms with van der Waals surface area (Å²) in [5.74, 6) is 0.830. The first-order valence-electron chi connectivity index (χ1n) is 7.31. The van der Waals surface area contributed by atoms with E-state index in [4.69, 9.17) is 0 Å². The van der Waals surface area contributed by atoms with E-state index in [1.165, 1.54) is 11.3 Å². The quantitative estimate of drug-likeness (QED) is 0.740. The molecule has 0 unspecified atom stereocenters. The summed E-state index contributed by atoms with van der Waals surface area (Å²) in [5.41, 5.74) is 1.80. The third kappa shape index (κ3) is 3.17. The van der Waals surface area contributed by atoms with E-state index in [0.717, 1.165) is 22.1 Å². The highest BCUT2D eigenvalue weighted by atomic mass is 32.1. The minimum absolute atomic E-state index is 0.0230. The van der Waals surface area contributed by atoms with Gasteiger partial charge in [-0.05, 0) is 6.92 Å². The number of hydrogen-bond acceptors (Lipinski definition) is 4. The first-order valence-corrected chi connectivity index (χ1v) is 8.12. The largest absolute Gasteiger partial charge is 0.337 e.